The lowest BCUT2D eigenvalue weighted by atomic mass is 9.95. The predicted molar refractivity (Wildman–Crippen MR) is 76.7 cm³/mol. The van der Waals surface area contributed by atoms with Crippen LogP contribution in [0, 0.1) is 18.6 Å². The van der Waals surface area contributed by atoms with Crippen molar-refractivity contribution < 1.29 is 18.3 Å². The number of aryl methyl sites for hydroxylation is 1. The first-order valence-electron chi connectivity index (χ1n) is 6.41. The molecule has 3 nitrogen and oxygen atoms in total. The minimum absolute atomic E-state index is 0.266. The summed E-state index contributed by atoms with van der Waals surface area (Å²) in [5.41, 5.74) is 7.71. The molecule has 0 radical (unpaired) electrons. The number of rotatable bonds is 4. The van der Waals surface area contributed by atoms with Crippen LogP contribution < -0.4 is 15.2 Å². The van der Waals surface area contributed by atoms with Gasteiger partial charge in [0.25, 0.3) is 0 Å². The Morgan fingerprint density at radius 2 is 1.57 bits per heavy atom. The highest BCUT2D eigenvalue weighted by atomic mass is 19.1. The molecule has 0 aromatic heterocycles. The van der Waals surface area contributed by atoms with Crippen LogP contribution in [0.4, 0.5) is 8.78 Å². The minimum atomic E-state index is -0.717. The second-order valence-corrected chi connectivity index (χ2v) is 4.71. The summed E-state index contributed by atoms with van der Waals surface area (Å²) in [6, 6.07) is 6.25. The van der Waals surface area contributed by atoms with Crippen LogP contribution in [0.2, 0.25) is 0 Å². The smallest absolute Gasteiger partial charge is 0.163 e. The molecule has 0 fully saturated rings. The third kappa shape index (κ3) is 2.97. The van der Waals surface area contributed by atoms with Gasteiger partial charge in [-0.1, -0.05) is 6.07 Å². The van der Waals surface area contributed by atoms with E-state index in [9.17, 15) is 8.78 Å². The van der Waals surface area contributed by atoms with Crippen molar-refractivity contribution in [1.82, 2.24) is 0 Å². The maximum Gasteiger partial charge on any atom is 0.163 e. The second kappa shape index (κ2) is 6.10. The molecule has 2 N–H and O–H groups in total. The van der Waals surface area contributed by atoms with Crippen LogP contribution in [-0.2, 0) is 0 Å². The van der Waals surface area contributed by atoms with Gasteiger partial charge in [0.15, 0.2) is 11.5 Å². The number of ether oxygens (including phenoxy) is 2. The Bertz CT molecular complexity index is 659. The fourth-order valence-corrected chi connectivity index (χ4v) is 2.26. The van der Waals surface area contributed by atoms with Gasteiger partial charge in [-0.15, -0.1) is 0 Å². The number of hydrogen-bond donors (Lipinski definition) is 1. The van der Waals surface area contributed by atoms with Gasteiger partial charge in [0, 0.05) is 11.6 Å². The third-order valence-electron chi connectivity index (χ3n) is 3.40. The van der Waals surface area contributed by atoms with E-state index in [1.54, 1.807) is 13.0 Å². The van der Waals surface area contributed by atoms with Gasteiger partial charge < -0.3 is 15.2 Å². The molecular formula is C16H17F2NO2. The van der Waals surface area contributed by atoms with Crippen LogP contribution >= 0.6 is 0 Å². The summed E-state index contributed by atoms with van der Waals surface area (Å²) in [5.74, 6) is -0.161. The van der Waals surface area contributed by atoms with Gasteiger partial charge in [-0.05, 0) is 36.2 Å². The summed E-state index contributed by atoms with van der Waals surface area (Å²) in [5, 5.41) is 0. The van der Waals surface area contributed by atoms with Gasteiger partial charge in [-0.3, -0.25) is 0 Å². The molecule has 0 aliphatic rings. The lowest BCUT2D eigenvalue weighted by molar-refractivity contribution is 0.351. The van der Waals surface area contributed by atoms with Crippen molar-refractivity contribution in [1.29, 1.82) is 0 Å². The van der Waals surface area contributed by atoms with Crippen molar-refractivity contribution in [3.05, 3.63) is 58.7 Å². The van der Waals surface area contributed by atoms with E-state index in [-0.39, 0.29) is 11.4 Å². The first kappa shape index (κ1) is 15.3. The maximum atomic E-state index is 14.2. The Morgan fingerprint density at radius 3 is 2.14 bits per heavy atom. The van der Waals surface area contributed by atoms with Crippen molar-refractivity contribution in [3.8, 4) is 11.5 Å². The summed E-state index contributed by atoms with van der Waals surface area (Å²) in [6.07, 6.45) is 0. The van der Waals surface area contributed by atoms with Crippen molar-refractivity contribution in [2.24, 2.45) is 5.73 Å². The molecule has 0 saturated carbocycles. The van der Waals surface area contributed by atoms with Gasteiger partial charge in [0.2, 0.25) is 0 Å². The van der Waals surface area contributed by atoms with Crippen molar-refractivity contribution in [2.75, 3.05) is 14.2 Å². The average molecular weight is 293 g/mol. The quantitative estimate of drug-likeness (QED) is 0.940. The maximum absolute atomic E-state index is 14.2. The highest BCUT2D eigenvalue weighted by Crippen LogP contribution is 2.34. The van der Waals surface area contributed by atoms with Gasteiger partial charge in [0.1, 0.15) is 11.6 Å². The van der Waals surface area contributed by atoms with E-state index in [4.69, 9.17) is 15.2 Å². The Kier molecular flexibility index (Phi) is 4.43. The van der Waals surface area contributed by atoms with E-state index >= 15 is 0 Å². The number of benzene rings is 2. The second-order valence-electron chi connectivity index (χ2n) is 4.71. The van der Waals surface area contributed by atoms with Crippen molar-refractivity contribution in [3.63, 3.8) is 0 Å². The van der Waals surface area contributed by atoms with E-state index in [0.717, 1.165) is 0 Å². The molecule has 0 amide bonds. The number of methoxy groups -OCH3 is 2. The van der Waals surface area contributed by atoms with Crippen LogP contribution in [0.1, 0.15) is 22.7 Å². The summed E-state index contributed by atoms with van der Waals surface area (Å²) in [4.78, 5) is 0. The standard InChI is InChI=1S/C16H17F2NO2/c1-9-6-10(17)4-5-11(9)16(19)12-7-14(20-2)15(21-3)8-13(12)18/h4-8,16H,19H2,1-3H3. The minimum Gasteiger partial charge on any atom is -0.493 e. The van der Waals surface area contributed by atoms with Crippen LogP contribution in [0.15, 0.2) is 30.3 Å². The molecule has 2 aromatic rings. The monoisotopic (exact) mass is 293 g/mol. The highest BCUT2D eigenvalue weighted by molar-refractivity contribution is 5.47. The summed E-state index contributed by atoms with van der Waals surface area (Å²) in [7, 11) is 2.90. The lowest BCUT2D eigenvalue weighted by Crippen LogP contribution is -2.15. The Morgan fingerprint density at radius 1 is 0.952 bits per heavy atom. The van der Waals surface area contributed by atoms with Crippen molar-refractivity contribution >= 4 is 0 Å². The van der Waals surface area contributed by atoms with E-state index in [2.05, 4.69) is 0 Å². The molecule has 0 aliphatic carbocycles. The molecule has 0 heterocycles. The normalized spacial score (nSPS) is 12.1. The fraction of sp³-hybridized carbons (Fsp3) is 0.250. The molecule has 0 spiro atoms. The average Bonchev–Trinajstić information content (AvgIpc) is 2.46. The van der Waals surface area contributed by atoms with Gasteiger partial charge in [0.05, 0.1) is 20.3 Å². The zero-order valence-corrected chi connectivity index (χ0v) is 12.1. The molecule has 1 unspecified atom stereocenters. The van der Waals surface area contributed by atoms with Crippen LogP contribution in [0.25, 0.3) is 0 Å². The van der Waals surface area contributed by atoms with E-state index in [1.807, 2.05) is 0 Å². The molecular weight excluding hydrogens is 276 g/mol. The number of hydrogen-bond acceptors (Lipinski definition) is 3. The molecule has 112 valence electrons. The summed E-state index contributed by atoms with van der Waals surface area (Å²) < 4.78 is 37.6. The first-order valence-corrected chi connectivity index (χ1v) is 6.41. The fourth-order valence-electron chi connectivity index (χ4n) is 2.26. The van der Waals surface area contributed by atoms with Crippen LogP contribution in [0.3, 0.4) is 0 Å². The van der Waals surface area contributed by atoms with E-state index in [0.29, 0.717) is 22.6 Å². The Labute approximate surface area is 122 Å². The van der Waals surface area contributed by atoms with Gasteiger partial charge in [-0.2, -0.15) is 0 Å². The van der Waals surface area contributed by atoms with E-state index < -0.39 is 11.9 Å². The zero-order valence-electron chi connectivity index (χ0n) is 12.1. The van der Waals surface area contributed by atoms with Gasteiger partial charge >= 0.3 is 0 Å². The Balaban J connectivity index is 2.50. The molecule has 5 heteroatoms. The van der Waals surface area contributed by atoms with Crippen LogP contribution in [0.5, 0.6) is 11.5 Å². The number of halogens is 2. The summed E-state index contributed by atoms with van der Waals surface area (Å²) in [6.45, 7) is 1.73. The molecule has 0 saturated heterocycles. The van der Waals surface area contributed by atoms with Crippen molar-refractivity contribution in [2.45, 2.75) is 13.0 Å². The highest BCUT2D eigenvalue weighted by Gasteiger charge is 2.19. The van der Waals surface area contributed by atoms with Gasteiger partial charge in [-0.25, -0.2) is 8.78 Å². The SMILES string of the molecule is COc1cc(F)c(C(N)c2ccc(F)cc2C)cc1OC. The number of nitrogens with two attached hydrogens (primary N) is 1. The zero-order chi connectivity index (χ0) is 15.6. The van der Waals surface area contributed by atoms with E-state index in [1.165, 1.54) is 38.5 Å². The lowest BCUT2D eigenvalue weighted by Gasteiger charge is -2.18. The largest absolute Gasteiger partial charge is 0.493 e. The summed E-state index contributed by atoms with van der Waals surface area (Å²) >= 11 is 0. The molecule has 0 aliphatic heterocycles. The topological polar surface area (TPSA) is 44.5 Å². The van der Waals surface area contributed by atoms with Crippen LogP contribution in [-0.4, -0.2) is 14.2 Å². The predicted octanol–water partition coefficient (Wildman–Crippen LogP) is 3.34. The third-order valence-corrected chi connectivity index (χ3v) is 3.40. The first-order chi connectivity index (χ1) is 9.97. The molecule has 2 aromatic carbocycles. The molecule has 1 atom stereocenters. The molecule has 0 bridgehead atoms. The molecule has 2 rings (SSSR count). The molecule has 21 heavy (non-hydrogen) atoms. The Hall–Kier alpha value is -2.14.